The van der Waals surface area contributed by atoms with Crippen molar-refractivity contribution >= 4 is 0 Å². The summed E-state index contributed by atoms with van der Waals surface area (Å²) in [5.74, 6) is -0.900. The van der Waals surface area contributed by atoms with Crippen LogP contribution in [-0.4, -0.2) is 0 Å². The van der Waals surface area contributed by atoms with Crippen LogP contribution in [0.1, 0.15) is 55.2 Å². The van der Waals surface area contributed by atoms with Gasteiger partial charge in [0.25, 0.3) is 0 Å². The number of hydrogen-bond donors (Lipinski definition) is 0. The van der Waals surface area contributed by atoms with E-state index < -0.39 is 23.3 Å². The molecule has 0 radical (unpaired) electrons. The molecule has 0 N–H and O–H groups in total. The van der Waals surface area contributed by atoms with Crippen LogP contribution in [0, 0.1) is 24.5 Å². The zero-order valence-corrected chi connectivity index (χ0v) is 14.9. The molecule has 2 aromatic carbocycles. The zero-order chi connectivity index (χ0) is 18.9. The van der Waals surface area contributed by atoms with Gasteiger partial charge in [-0.25, -0.2) is 8.78 Å². The van der Waals surface area contributed by atoms with E-state index in [1.165, 1.54) is 31.9 Å². The van der Waals surface area contributed by atoms with Crippen LogP contribution >= 0.6 is 0 Å². The second kappa shape index (κ2) is 7.29. The number of halogens is 4. The first kappa shape index (κ1) is 18.7. The van der Waals surface area contributed by atoms with Crippen LogP contribution in [0.2, 0.25) is 0 Å². The summed E-state index contributed by atoms with van der Waals surface area (Å²) in [6.45, 7) is 3.43. The number of hydrogen-bond acceptors (Lipinski definition) is 1. The van der Waals surface area contributed by atoms with Gasteiger partial charge in [-0.15, -0.1) is 0 Å². The van der Waals surface area contributed by atoms with E-state index in [2.05, 4.69) is 6.92 Å². The van der Waals surface area contributed by atoms with Crippen molar-refractivity contribution in [1.82, 2.24) is 0 Å². The van der Waals surface area contributed by atoms with Gasteiger partial charge in [-0.05, 0) is 61.4 Å². The summed E-state index contributed by atoms with van der Waals surface area (Å²) >= 11 is 0. The Balaban J connectivity index is 1.73. The van der Waals surface area contributed by atoms with Crippen LogP contribution < -0.4 is 4.74 Å². The van der Waals surface area contributed by atoms with Crippen molar-refractivity contribution in [1.29, 1.82) is 0 Å². The summed E-state index contributed by atoms with van der Waals surface area (Å²) in [5, 5.41) is 0. The molecule has 1 fully saturated rings. The minimum absolute atomic E-state index is 0.0377. The average Bonchev–Trinajstić information content (AvgIpc) is 2.60. The molecule has 0 aromatic heterocycles. The molecule has 1 aliphatic rings. The second-order valence-electron chi connectivity index (χ2n) is 7.21. The lowest BCUT2D eigenvalue weighted by Gasteiger charge is -2.26. The van der Waals surface area contributed by atoms with Gasteiger partial charge in [0.2, 0.25) is 0 Å². The Morgan fingerprint density at radius 1 is 0.923 bits per heavy atom. The van der Waals surface area contributed by atoms with Crippen LogP contribution in [0.3, 0.4) is 0 Å². The van der Waals surface area contributed by atoms with Crippen LogP contribution in [0.5, 0.6) is 5.75 Å². The van der Waals surface area contributed by atoms with Gasteiger partial charge in [-0.1, -0.05) is 31.9 Å². The zero-order valence-electron chi connectivity index (χ0n) is 14.9. The Labute approximate surface area is 151 Å². The molecule has 0 aliphatic heterocycles. The van der Waals surface area contributed by atoms with E-state index in [0.29, 0.717) is 18.1 Å². The third-order valence-corrected chi connectivity index (χ3v) is 5.23. The van der Waals surface area contributed by atoms with E-state index in [-0.39, 0.29) is 11.3 Å². The van der Waals surface area contributed by atoms with E-state index in [0.717, 1.165) is 24.3 Å². The van der Waals surface area contributed by atoms with E-state index in [1.54, 1.807) is 12.1 Å². The standard InChI is InChI=1S/C21H22F4O/c1-13-3-5-15(6-4-13)16-7-9-18(10-8-16)26-21(24,25)17-11-19(22)14(2)20(23)12-17/h7-13,15H,3-6H2,1-2H3. The van der Waals surface area contributed by atoms with Crippen molar-refractivity contribution in [2.45, 2.75) is 51.6 Å². The predicted octanol–water partition coefficient (Wildman–Crippen LogP) is 6.70. The highest BCUT2D eigenvalue weighted by Crippen LogP contribution is 2.37. The topological polar surface area (TPSA) is 9.23 Å². The minimum Gasteiger partial charge on any atom is -0.429 e. The summed E-state index contributed by atoms with van der Waals surface area (Å²) in [7, 11) is 0. The van der Waals surface area contributed by atoms with Crippen molar-refractivity contribution in [3.63, 3.8) is 0 Å². The molecule has 140 valence electrons. The third-order valence-electron chi connectivity index (χ3n) is 5.23. The molecule has 1 nitrogen and oxygen atoms in total. The van der Waals surface area contributed by atoms with Crippen molar-refractivity contribution < 1.29 is 22.3 Å². The summed E-state index contributed by atoms with van der Waals surface area (Å²) in [5.41, 5.74) is -0.0286. The number of alkyl halides is 2. The molecule has 0 saturated heterocycles. The third kappa shape index (κ3) is 4.02. The highest BCUT2D eigenvalue weighted by atomic mass is 19.3. The lowest BCUT2D eigenvalue weighted by atomic mass is 9.79. The molecule has 1 saturated carbocycles. The smallest absolute Gasteiger partial charge is 0.426 e. The van der Waals surface area contributed by atoms with Gasteiger partial charge in [0.05, 0.1) is 5.56 Å². The Morgan fingerprint density at radius 3 is 2.00 bits per heavy atom. The summed E-state index contributed by atoms with van der Waals surface area (Å²) in [6, 6.07) is 7.78. The lowest BCUT2D eigenvalue weighted by Crippen LogP contribution is -2.22. The van der Waals surface area contributed by atoms with E-state index in [9.17, 15) is 17.6 Å². The molecule has 3 rings (SSSR count). The SMILES string of the molecule is Cc1c(F)cc(C(F)(F)Oc2ccc(C3CCC(C)CC3)cc2)cc1F. The molecule has 0 atom stereocenters. The summed E-state index contributed by atoms with van der Waals surface area (Å²) in [6.07, 6.45) is 0.715. The van der Waals surface area contributed by atoms with Crippen LogP contribution in [0.15, 0.2) is 36.4 Å². The monoisotopic (exact) mass is 366 g/mol. The maximum absolute atomic E-state index is 14.3. The fourth-order valence-electron chi connectivity index (χ4n) is 3.42. The highest BCUT2D eigenvalue weighted by molar-refractivity contribution is 5.32. The molecule has 1 aliphatic carbocycles. The largest absolute Gasteiger partial charge is 0.429 e. The van der Waals surface area contributed by atoms with Gasteiger partial charge >= 0.3 is 6.11 Å². The number of benzene rings is 2. The van der Waals surface area contributed by atoms with Crippen molar-refractivity contribution in [3.8, 4) is 5.75 Å². The quantitative estimate of drug-likeness (QED) is 0.547. The Morgan fingerprint density at radius 2 is 1.46 bits per heavy atom. The Kier molecular flexibility index (Phi) is 5.26. The number of ether oxygens (including phenoxy) is 1. The minimum atomic E-state index is -3.82. The van der Waals surface area contributed by atoms with Crippen LogP contribution in [-0.2, 0) is 6.11 Å². The maximum atomic E-state index is 14.3. The lowest BCUT2D eigenvalue weighted by molar-refractivity contribution is -0.185. The normalized spacial score (nSPS) is 20.8. The second-order valence-corrected chi connectivity index (χ2v) is 7.21. The van der Waals surface area contributed by atoms with Crippen molar-refractivity contribution in [2.75, 3.05) is 0 Å². The Bertz CT molecular complexity index is 739. The molecular weight excluding hydrogens is 344 g/mol. The molecular formula is C21H22F4O. The molecule has 0 unspecified atom stereocenters. The summed E-state index contributed by atoms with van der Waals surface area (Å²) in [4.78, 5) is 0. The van der Waals surface area contributed by atoms with Gasteiger partial charge in [-0.3, -0.25) is 0 Å². The first-order chi connectivity index (χ1) is 12.3. The maximum Gasteiger partial charge on any atom is 0.426 e. The van der Waals surface area contributed by atoms with Crippen molar-refractivity contribution in [3.05, 3.63) is 64.7 Å². The first-order valence-corrected chi connectivity index (χ1v) is 8.89. The highest BCUT2D eigenvalue weighted by Gasteiger charge is 2.36. The molecule has 2 aromatic rings. The van der Waals surface area contributed by atoms with Gasteiger partial charge in [0, 0.05) is 5.56 Å². The first-order valence-electron chi connectivity index (χ1n) is 8.89. The van der Waals surface area contributed by atoms with E-state index in [1.807, 2.05) is 0 Å². The molecule has 0 heterocycles. The average molecular weight is 366 g/mol. The van der Waals surface area contributed by atoms with Crippen LogP contribution in [0.4, 0.5) is 17.6 Å². The van der Waals surface area contributed by atoms with Crippen molar-refractivity contribution in [2.24, 2.45) is 5.92 Å². The van der Waals surface area contributed by atoms with Gasteiger partial charge in [0.1, 0.15) is 17.4 Å². The number of rotatable bonds is 4. The molecule has 0 amide bonds. The van der Waals surface area contributed by atoms with Crippen LogP contribution in [0.25, 0.3) is 0 Å². The molecule has 0 spiro atoms. The predicted molar refractivity (Wildman–Crippen MR) is 92.4 cm³/mol. The fraction of sp³-hybridized carbons (Fsp3) is 0.429. The molecule has 5 heteroatoms. The van der Waals surface area contributed by atoms with Gasteiger partial charge in [-0.2, -0.15) is 8.78 Å². The molecule has 26 heavy (non-hydrogen) atoms. The van der Waals surface area contributed by atoms with Gasteiger partial charge in [0.15, 0.2) is 0 Å². The fourth-order valence-corrected chi connectivity index (χ4v) is 3.42. The van der Waals surface area contributed by atoms with E-state index in [4.69, 9.17) is 4.74 Å². The Hall–Kier alpha value is -2.04. The molecule has 0 bridgehead atoms. The van der Waals surface area contributed by atoms with Gasteiger partial charge < -0.3 is 4.74 Å². The van der Waals surface area contributed by atoms with E-state index >= 15 is 0 Å². The summed E-state index contributed by atoms with van der Waals surface area (Å²) < 4.78 is 60.4.